The van der Waals surface area contributed by atoms with Crippen LogP contribution in [0.1, 0.15) is 25.0 Å². The Kier molecular flexibility index (Phi) is 4.79. The number of hydrogen-bond acceptors (Lipinski definition) is 2. The monoisotopic (exact) mass is 246 g/mol. The highest BCUT2D eigenvalue weighted by Crippen LogP contribution is 2.24. The topological polar surface area (TPSA) is 15.3 Å². The van der Waals surface area contributed by atoms with Crippen molar-refractivity contribution in [2.24, 2.45) is 11.8 Å². The van der Waals surface area contributed by atoms with E-state index in [0.29, 0.717) is 0 Å². The largest absolute Gasteiger partial charge is 0.319 e. The maximum atomic E-state index is 3.24. The third-order valence-electron chi connectivity index (χ3n) is 4.22. The molecular formula is C16H26N2. The van der Waals surface area contributed by atoms with E-state index >= 15 is 0 Å². The van der Waals surface area contributed by atoms with Crippen molar-refractivity contribution in [3.05, 3.63) is 35.4 Å². The molecule has 1 aromatic carbocycles. The molecule has 2 nitrogen and oxygen atoms in total. The van der Waals surface area contributed by atoms with Crippen molar-refractivity contribution in [3.8, 4) is 0 Å². The molecule has 0 saturated carbocycles. The summed E-state index contributed by atoms with van der Waals surface area (Å²) in [6.45, 7) is 9.43. The van der Waals surface area contributed by atoms with Crippen LogP contribution < -0.4 is 5.32 Å². The smallest absolute Gasteiger partial charge is 0.0236 e. The first-order chi connectivity index (χ1) is 8.70. The number of hydrogen-bond donors (Lipinski definition) is 1. The first-order valence-corrected chi connectivity index (χ1v) is 7.14. The van der Waals surface area contributed by atoms with Gasteiger partial charge in [0.1, 0.15) is 0 Å². The van der Waals surface area contributed by atoms with Gasteiger partial charge in [0.05, 0.1) is 0 Å². The average molecular weight is 246 g/mol. The van der Waals surface area contributed by atoms with Crippen molar-refractivity contribution in [2.75, 3.05) is 26.7 Å². The lowest BCUT2D eigenvalue weighted by Crippen LogP contribution is -2.21. The Morgan fingerprint density at radius 3 is 2.33 bits per heavy atom. The van der Waals surface area contributed by atoms with Crippen LogP contribution in [-0.2, 0) is 13.0 Å². The van der Waals surface area contributed by atoms with Crippen LogP contribution in [0.15, 0.2) is 24.3 Å². The van der Waals surface area contributed by atoms with Crippen molar-refractivity contribution in [1.82, 2.24) is 10.2 Å². The maximum absolute atomic E-state index is 3.24. The van der Waals surface area contributed by atoms with E-state index in [1.54, 1.807) is 0 Å². The zero-order valence-corrected chi connectivity index (χ0v) is 11.9. The Morgan fingerprint density at radius 1 is 1.11 bits per heavy atom. The lowest BCUT2D eigenvalue weighted by atomic mass is 10.0. The van der Waals surface area contributed by atoms with Crippen LogP contribution in [0.25, 0.3) is 0 Å². The van der Waals surface area contributed by atoms with Crippen LogP contribution in [0.3, 0.4) is 0 Å². The summed E-state index contributed by atoms with van der Waals surface area (Å²) >= 11 is 0. The van der Waals surface area contributed by atoms with Gasteiger partial charge in [-0.05, 0) is 43.0 Å². The highest BCUT2D eigenvalue weighted by Gasteiger charge is 2.25. The summed E-state index contributed by atoms with van der Waals surface area (Å²) in [5, 5.41) is 3.24. The van der Waals surface area contributed by atoms with E-state index in [1.807, 2.05) is 7.05 Å². The van der Waals surface area contributed by atoms with Gasteiger partial charge in [-0.15, -0.1) is 0 Å². The predicted molar refractivity (Wildman–Crippen MR) is 77.7 cm³/mol. The highest BCUT2D eigenvalue weighted by molar-refractivity contribution is 5.27. The summed E-state index contributed by atoms with van der Waals surface area (Å²) in [5.41, 5.74) is 3.01. The van der Waals surface area contributed by atoms with Gasteiger partial charge in [-0.1, -0.05) is 38.1 Å². The third-order valence-corrected chi connectivity index (χ3v) is 4.22. The molecule has 0 aromatic heterocycles. The number of likely N-dealkylation sites (tertiary alicyclic amines) is 1. The molecule has 0 amide bonds. The predicted octanol–water partition coefficient (Wildman–Crippen LogP) is 2.54. The summed E-state index contributed by atoms with van der Waals surface area (Å²) in [4.78, 5) is 2.60. The standard InChI is InChI=1S/C16H26N2/c1-13-10-18(11-14(13)2)12-16-7-5-4-6-15(16)8-9-17-3/h4-7,13-14,17H,8-12H2,1-3H3. The first kappa shape index (κ1) is 13.6. The van der Waals surface area contributed by atoms with Crippen molar-refractivity contribution in [1.29, 1.82) is 0 Å². The summed E-state index contributed by atoms with van der Waals surface area (Å²) < 4.78 is 0. The number of likely N-dealkylation sites (N-methyl/N-ethyl adjacent to an activating group) is 1. The SMILES string of the molecule is CNCCc1ccccc1CN1CC(C)C(C)C1. The zero-order valence-electron chi connectivity index (χ0n) is 11.9. The molecule has 0 bridgehead atoms. The molecule has 0 spiro atoms. The van der Waals surface area contributed by atoms with Crippen LogP contribution in [0.5, 0.6) is 0 Å². The zero-order chi connectivity index (χ0) is 13.0. The molecule has 18 heavy (non-hydrogen) atoms. The van der Waals surface area contributed by atoms with Crippen LogP contribution in [0, 0.1) is 11.8 Å². The molecule has 1 aromatic rings. The Morgan fingerprint density at radius 2 is 1.72 bits per heavy atom. The molecule has 100 valence electrons. The molecule has 2 heteroatoms. The summed E-state index contributed by atoms with van der Waals surface area (Å²) in [7, 11) is 2.02. The molecular weight excluding hydrogens is 220 g/mol. The summed E-state index contributed by atoms with van der Waals surface area (Å²) in [6, 6.07) is 8.89. The van der Waals surface area contributed by atoms with E-state index in [1.165, 1.54) is 24.2 Å². The Balaban J connectivity index is 2.00. The Hall–Kier alpha value is -0.860. The second-order valence-electron chi connectivity index (χ2n) is 5.77. The average Bonchev–Trinajstić information content (AvgIpc) is 2.67. The first-order valence-electron chi connectivity index (χ1n) is 7.14. The minimum atomic E-state index is 0.842. The van der Waals surface area contributed by atoms with Crippen LogP contribution >= 0.6 is 0 Å². The molecule has 0 aliphatic carbocycles. The Labute approximate surface area is 111 Å². The van der Waals surface area contributed by atoms with Gasteiger partial charge < -0.3 is 5.32 Å². The molecule has 1 N–H and O–H groups in total. The molecule has 2 rings (SSSR count). The van der Waals surface area contributed by atoms with Gasteiger partial charge in [0.2, 0.25) is 0 Å². The fourth-order valence-electron chi connectivity index (χ4n) is 2.83. The fourth-order valence-corrected chi connectivity index (χ4v) is 2.83. The molecule has 2 atom stereocenters. The van der Waals surface area contributed by atoms with Crippen molar-refractivity contribution in [2.45, 2.75) is 26.8 Å². The van der Waals surface area contributed by atoms with E-state index in [2.05, 4.69) is 48.3 Å². The van der Waals surface area contributed by atoms with Gasteiger partial charge in [0.15, 0.2) is 0 Å². The molecule has 1 heterocycles. The van der Waals surface area contributed by atoms with E-state index in [0.717, 1.165) is 31.3 Å². The van der Waals surface area contributed by atoms with Crippen molar-refractivity contribution < 1.29 is 0 Å². The third kappa shape index (κ3) is 3.33. The molecule has 0 radical (unpaired) electrons. The van der Waals surface area contributed by atoms with Crippen LogP contribution in [0.2, 0.25) is 0 Å². The normalized spacial score (nSPS) is 24.6. The minimum Gasteiger partial charge on any atom is -0.319 e. The highest BCUT2D eigenvalue weighted by atomic mass is 15.1. The van der Waals surface area contributed by atoms with Crippen molar-refractivity contribution >= 4 is 0 Å². The number of nitrogens with zero attached hydrogens (tertiary/aromatic N) is 1. The second-order valence-corrected chi connectivity index (χ2v) is 5.77. The van der Waals surface area contributed by atoms with Crippen molar-refractivity contribution in [3.63, 3.8) is 0 Å². The molecule has 1 fully saturated rings. The minimum absolute atomic E-state index is 0.842. The number of rotatable bonds is 5. The van der Waals surface area contributed by atoms with E-state index in [9.17, 15) is 0 Å². The van der Waals surface area contributed by atoms with E-state index in [4.69, 9.17) is 0 Å². The van der Waals surface area contributed by atoms with Gasteiger partial charge >= 0.3 is 0 Å². The lowest BCUT2D eigenvalue weighted by Gasteiger charge is -2.18. The molecule has 1 aliphatic rings. The van der Waals surface area contributed by atoms with Gasteiger partial charge in [-0.3, -0.25) is 4.90 Å². The summed E-state index contributed by atoms with van der Waals surface area (Å²) in [5.74, 6) is 1.68. The van der Waals surface area contributed by atoms with Gasteiger partial charge in [-0.25, -0.2) is 0 Å². The lowest BCUT2D eigenvalue weighted by molar-refractivity contribution is 0.315. The van der Waals surface area contributed by atoms with E-state index < -0.39 is 0 Å². The number of benzene rings is 1. The Bertz CT molecular complexity index is 365. The fraction of sp³-hybridized carbons (Fsp3) is 0.625. The van der Waals surface area contributed by atoms with Crippen LogP contribution in [0.4, 0.5) is 0 Å². The quantitative estimate of drug-likeness (QED) is 0.859. The number of nitrogens with one attached hydrogen (secondary N) is 1. The van der Waals surface area contributed by atoms with Gasteiger partial charge in [0.25, 0.3) is 0 Å². The second kappa shape index (κ2) is 6.35. The van der Waals surface area contributed by atoms with Crippen LogP contribution in [-0.4, -0.2) is 31.6 Å². The summed E-state index contributed by atoms with van der Waals surface area (Å²) in [6.07, 6.45) is 1.13. The van der Waals surface area contributed by atoms with E-state index in [-0.39, 0.29) is 0 Å². The molecule has 1 saturated heterocycles. The maximum Gasteiger partial charge on any atom is 0.0236 e. The van der Waals surface area contributed by atoms with Gasteiger partial charge in [0, 0.05) is 19.6 Å². The van der Waals surface area contributed by atoms with Gasteiger partial charge in [-0.2, -0.15) is 0 Å². The molecule has 2 unspecified atom stereocenters. The molecule has 1 aliphatic heterocycles.